The van der Waals surface area contributed by atoms with Crippen molar-refractivity contribution in [3.05, 3.63) is 60.4 Å². The topological polar surface area (TPSA) is 58.4 Å². The van der Waals surface area contributed by atoms with E-state index in [1.165, 1.54) is 4.90 Å². The van der Waals surface area contributed by atoms with E-state index in [1.807, 2.05) is 71.5 Å². The van der Waals surface area contributed by atoms with Gasteiger partial charge in [-0.05, 0) is 32.0 Å². The molecule has 0 bridgehead atoms. The van der Waals surface area contributed by atoms with E-state index >= 15 is 0 Å². The lowest BCUT2D eigenvalue weighted by molar-refractivity contribution is -0.142. The minimum absolute atomic E-state index is 0.0313. The molecule has 26 heavy (non-hydrogen) atoms. The van der Waals surface area contributed by atoms with Crippen LogP contribution in [0.3, 0.4) is 0 Å². The van der Waals surface area contributed by atoms with Gasteiger partial charge in [-0.2, -0.15) is 5.10 Å². The minimum Gasteiger partial charge on any atom is -0.284 e. The number of hydrogen-bond acceptors (Lipinski definition) is 4. The maximum Gasteiger partial charge on any atom is 0.234 e. The molecule has 0 unspecified atom stereocenters. The number of allylic oxidation sites excluding steroid dienone is 2. The van der Waals surface area contributed by atoms with E-state index in [2.05, 4.69) is 5.10 Å². The maximum atomic E-state index is 12.6. The molecule has 0 N–H and O–H groups in total. The van der Waals surface area contributed by atoms with Crippen molar-refractivity contribution in [1.29, 1.82) is 0 Å². The highest BCUT2D eigenvalue weighted by Crippen LogP contribution is 2.35. The Labute approximate surface area is 152 Å². The summed E-state index contributed by atoms with van der Waals surface area (Å²) in [4.78, 5) is 28.5. The molecule has 1 saturated heterocycles. The lowest BCUT2D eigenvalue weighted by Crippen LogP contribution is -2.39. The van der Waals surface area contributed by atoms with Crippen LogP contribution >= 0.6 is 0 Å². The molecule has 2 heterocycles. The van der Waals surface area contributed by atoms with E-state index in [0.717, 1.165) is 11.3 Å². The molecule has 4 rings (SSSR count). The molecule has 2 aromatic rings. The molecule has 2 aliphatic rings. The van der Waals surface area contributed by atoms with Crippen LogP contribution in [0.2, 0.25) is 0 Å². The van der Waals surface area contributed by atoms with Crippen LogP contribution in [-0.2, 0) is 16.1 Å². The number of imide groups is 1. The summed E-state index contributed by atoms with van der Waals surface area (Å²) in [6.07, 6.45) is 9.18. The van der Waals surface area contributed by atoms with Gasteiger partial charge in [-0.1, -0.05) is 30.4 Å². The number of aromatic nitrogens is 2. The highest BCUT2D eigenvalue weighted by Gasteiger charge is 2.47. The number of rotatable bonds is 5. The summed E-state index contributed by atoms with van der Waals surface area (Å²) in [5.41, 5.74) is 2.04. The summed E-state index contributed by atoms with van der Waals surface area (Å²) < 4.78 is 1.83. The normalized spacial score (nSPS) is 22.3. The number of fused-ring (bicyclic) bond motifs is 1. The second kappa shape index (κ2) is 6.88. The number of benzene rings is 1. The molecule has 0 saturated carbocycles. The number of likely N-dealkylation sites (tertiary alicyclic amines) is 1. The van der Waals surface area contributed by atoms with Crippen molar-refractivity contribution in [2.45, 2.75) is 19.4 Å². The average Bonchev–Trinajstić information content (AvgIpc) is 3.22. The zero-order valence-corrected chi connectivity index (χ0v) is 14.8. The van der Waals surface area contributed by atoms with E-state index < -0.39 is 0 Å². The van der Waals surface area contributed by atoms with Crippen LogP contribution < -0.4 is 0 Å². The molecule has 1 aliphatic heterocycles. The van der Waals surface area contributed by atoms with Crippen molar-refractivity contribution in [2.75, 3.05) is 13.7 Å². The maximum absolute atomic E-state index is 12.6. The molecule has 1 aromatic heterocycles. The fourth-order valence-corrected chi connectivity index (χ4v) is 3.78. The lowest BCUT2D eigenvalue weighted by atomic mass is 9.85. The summed E-state index contributed by atoms with van der Waals surface area (Å²) in [6, 6.07) is 9.91. The van der Waals surface area contributed by atoms with Crippen molar-refractivity contribution in [3.63, 3.8) is 0 Å². The first-order valence-electron chi connectivity index (χ1n) is 8.91. The van der Waals surface area contributed by atoms with Crippen LogP contribution in [0, 0.1) is 11.8 Å². The molecule has 1 aliphatic carbocycles. The van der Waals surface area contributed by atoms with Gasteiger partial charge in [0.1, 0.15) is 0 Å². The van der Waals surface area contributed by atoms with Gasteiger partial charge in [0.05, 0.1) is 30.4 Å². The predicted molar refractivity (Wildman–Crippen MR) is 97.1 cm³/mol. The smallest absolute Gasteiger partial charge is 0.234 e. The van der Waals surface area contributed by atoms with Gasteiger partial charge in [0.25, 0.3) is 0 Å². The van der Waals surface area contributed by atoms with E-state index in [-0.39, 0.29) is 23.7 Å². The number of hydrogen-bond donors (Lipinski definition) is 0. The summed E-state index contributed by atoms with van der Waals surface area (Å²) in [5.74, 6) is -0.393. The van der Waals surface area contributed by atoms with Crippen molar-refractivity contribution < 1.29 is 9.59 Å². The largest absolute Gasteiger partial charge is 0.284 e. The molecule has 0 radical (unpaired) electrons. The molecule has 6 heteroatoms. The van der Waals surface area contributed by atoms with E-state index in [9.17, 15) is 9.59 Å². The van der Waals surface area contributed by atoms with Gasteiger partial charge in [-0.3, -0.25) is 19.4 Å². The van der Waals surface area contributed by atoms with Crippen LogP contribution in [0.5, 0.6) is 0 Å². The van der Waals surface area contributed by atoms with Crippen molar-refractivity contribution in [1.82, 2.24) is 19.6 Å². The van der Waals surface area contributed by atoms with Gasteiger partial charge in [-0.15, -0.1) is 0 Å². The van der Waals surface area contributed by atoms with Gasteiger partial charge in [0, 0.05) is 18.3 Å². The van der Waals surface area contributed by atoms with Gasteiger partial charge < -0.3 is 0 Å². The zero-order valence-electron chi connectivity index (χ0n) is 14.8. The third kappa shape index (κ3) is 3.08. The van der Waals surface area contributed by atoms with E-state index in [1.54, 1.807) is 0 Å². The highest BCUT2D eigenvalue weighted by molar-refractivity contribution is 6.05. The Morgan fingerprint density at radius 3 is 2.38 bits per heavy atom. The number of amides is 2. The Kier molecular flexibility index (Phi) is 4.42. The SMILES string of the molecule is CN(Cc1cnn(-c2ccccc2)c1)CN1C(=O)[C@H]2CC=CC[C@H]2C1=O. The lowest BCUT2D eigenvalue weighted by Gasteiger charge is -2.22. The van der Waals surface area contributed by atoms with Gasteiger partial charge in [0.15, 0.2) is 0 Å². The average molecular weight is 350 g/mol. The number of para-hydroxylation sites is 1. The van der Waals surface area contributed by atoms with Gasteiger partial charge >= 0.3 is 0 Å². The summed E-state index contributed by atoms with van der Waals surface area (Å²) >= 11 is 0. The first-order chi connectivity index (χ1) is 12.6. The Hall–Kier alpha value is -2.73. The summed E-state index contributed by atoms with van der Waals surface area (Å²) in [6.45, 7) is 0.943. The van der Waals surface area contributed by atoms with E-state index in [4.69, 9.17) is 0 Å². The monoisotopic (exact) mass is 350 g/mol. The Morgan fingerprint density at radius 1 is 1.08 bits per heavy atom. The third-order valence-electron chi connectivity index (χ3n) is 5.09. The molecule has 1 fully saturated rings. The van der Waals surface area contributed by atoms with Crippen LogP contribution in [0.4, 0.5) is 0 Å². The number of carbonyl (C=O) groups is 2. The van der Waals surface area contributed by atoms with Crippen LogP contribution in [0.25, 0.3) is 5.69 Å². The second-order valence-corrected chi connectivity index (χ2v) is 7.04. The minimum atomic E-state index is -0.165. The molecule has 2 atom stereocenters. The van der Waals surface area contributed by atoms with Crippen molar-refractivity contribution >= 4 is 11.8 Å². The quantitative estimate of drug-likeness (QED) is 0.613. The number of carbonyl (C=O) groups excluding carboxylic acids is 2. The molecular formula is C20H22N4O2. The van der Waals surface area contributed by atoms with Gasteiger partial charge in [-0.25, -0.2) is 4.68 Å². The van der Waals surface area contributed by atoms with Gasteiger partial charge in [0.2, 0.25) is 11.8 Å². The highest BCUT2D eigenvalue weighted by atomic mass is 16.2. The molecule has 134 valence electrons. The first-order valence-corrected chi connectivity index (χ1v) is 8.91. The fourth-order valence-electron chi connectivity index (χ4n) is 3.78. The Morgan fingerprint density at radius 2 is 1.73 bits per heavy atom. The van der Waals surface area contributed by atoms with Crippen LogP contribution in [-0.4, -0.2) is 45.1 Å². The Balaban J connectivity index is 1.40. The molecular weight excluding hydrogens is 328 g/mol. The standard InChI is InChI=1S/C20H22N4O2/c1-22(12-15-11-21-24(13-15)16-7-3-2-4-8-16)14-23-19(25)17-9-5-6-10-18(17)20(23)26/h2-8,11,13,17-18H,9-10,12,14H2,1H3/t17-,18+. The molecule has 2 amide bonds. The Bertz CT molecular complexity index is 817. The van der Waals surface area contributed by atoms with Crippen LogP contribution in [0.15, 0.2) is 54.9 Å². The first kappa shape index (κ1) is 16.7. The number of nitrogens with zero attached hydrogens (tertiary/aromatic N) is 4. The molecule has 6 nitrogen and oxygen atoms in total. The molecule has 1 aromatic carbocycles. The zero-order chi connectivity index (χ0) is 18.1. The van der Waals surface area contributed by atoms with Crippen molar-refractivity contribution in [3.8, 4) is 5.69 Å². The third-order valence-corrected chi connectivity index (χ3v) is 5.09. The van der Waals surface area contributed by atoms with Crippen LogP contribution in [0.1, 0.15) is 18.4 Å². The fraction of sp³-hybridized carbons (Fsp3) is 0.350. The second-order valence-electron chi connectivity index (χ2n) is 7.04. The molecule has 0 spiro atoms. The van der Waals surface area contributed by atoms with E-state index in [0.29, 0.717) is 26.1 Å². The van der Waals surface area contributed by atoms with Crippen molar-refractivity contribution in [2.24, 2.45) is 11.8 Å². The summed E-state index contributed by atoms with van der Waals surface area (Å²) in [7, 11) is 1.92. The predicted octanol–water partition coefficient (Wildman–Crippen LogP) is 2.21. The summed E-state index contributed by atoms with van der Waals surface area (Å²) in [5, 5.41) is 4.39.